The Kier molecular flexibility index (Phi) is 36.4. The van der Waals surface area contributed by atoms with Crippen molar-refractivity contribution in [3.8, 4) is 0 Å². The molecular weight excluding hydrogens is 612 g/mol. The second-order valence-corrected chi connectivity index (χ2v) is 15.1. The maximum atomic E-state index is 12.6. The highest BCUT2D eigenvalue weighted by molar-refractivity contribution is 5.71. The van der Waals surface area contributed by atoms with Gasteiger partial charge in [0.2, 0.25) is 0 Å². The molecule has 0 radical (unpaired) electrons. The van der Waals surface area contributed by atoms with Gasteiger partial charge < -0.3 is 14.2 Å². The van der Waals surface area contributed by atoms with Crippen molar-refractivity contribution in [3.63, 3.8) is 0 Å². The van der Waals surface area contributed by atoms with Gasteiger partial charge in [0.25, 0.3) is 0 Å². The van der Waals surface area contributed by atoms with Gasteiger partial charge in [-0.2, -0.15) is 0 Å². The summed E-state index contributed by atoms with van der Waals surface area (Å²) in [5, 5.41) is 0. The molecule has 0 aromatic rings. The summed E-state index contributed by atoms with van der Waals surface area (Å²) in [7, 11) is 0. The highest BCUT2D eigenvalue weighted by atomic mass is 16.6. The topological polar surface area (TPSA) is 78.9 Å². The van der Waals surface area contributed by atoms with Crippen LogP contribution in [-0.4, -0.2) is 37.2 Å². The van der Waals surface area contributed by atoms with Crippen LogP contribution >= 0.6 is 0 Å². The summed E-state index contributed by atoms with van der Waals surface area (Å²) in [5.74, 6) is -0.100. The van der Waals surface area contributed by atoms with Crippen LogP contribution in [0.25, 0.3) is 0 Å². The third-order valence-electron chi connectivity index (χ3n) is 9.54. The fourth-order valence-corrected chi connectivity index (χ4v) is 6.27. The Morgan fingerprint density at radius 2 is 0.673 bits per heavy atom. The quantitative estimate of drug-likeness (QED) is 0.0364. The minimum Gasteiger partial charge on any atom is -0.462 e. The van der Waals surface area contributed by atoms with E-state index in [4.69, 9.17) is 14.2 Å². The van der Waals surface area contributed by atoms with Crippen molar-refractivity contribution < 1.29 is 28.6 Å². The molecular formula is C43H82O6. The lowest BCUT2D eigenvalue weighted by Gasteiger charge is -2.18. The number of unbranched alkanes of at least 4 members (excludes halogenated alkanes) is 25. The van der Waals surface area contributed by atoms with Gasteiger partial charge in [0.15, 0.2) is 6.10 Å². The first-order valence-electron chi connectivity index (χ1n) is 21.4. The second-order valence-electron chi connectivity index (χ2n) is 15.1. The Morgan fingerprint density at radius 1 is 0.388 bits per heavy atom. The molecule has 0 rings (SSSR count). The van der Waals surface area contributed by atoms with Crippen molar-refractivity contribution >= 4 is 17.9 Å². The molecule has 290 valence electrons. The van der Waals surface area contributed by atoms with Crippen LogP contribution in [0.3, 0.4) is 0 Å². The number of hydrogen-bond donors (Lipinski definition) is 0. The molecule has 6 nitrogen and oxygen atoms in total. The van der Waals surface area contributed by atoms with E-state index in [1.807, 2.05) is 0 Å². The summed E-state index contributed by atoms with van der Waals surface area (Å²) in [6.45, 7) is 8.90. The molecule has 0 bridgehead atoms. The maximum absolute atomic E-state index is 12.6. The molecule has 0 aromatic carbocycles. The van der Waals surface area contributed by atoms with Gasteiger partial charge in [0.1, 0.15) is 13.2 Å². The molecule has 0 saturated carbocycles. The Balaban J connectivity index is 4.34. The van der Waals surface area contributed by atoms with E-state index in [9.17, 15) is 14.4 Å². The molecule has 49 heavy (non-hydrogen) atoms. The van der Waals surface area contributed by atoms with Gasteiger partial charge in [-0.25, -0.2) is 0 Å². The Hall–Kier alpha value is -1.59. The first kappa shape index (κ1) is 47.4. The van der Waals surface area contributed by atoms with E-state index in [2.05, 4.69) is 27.7 Å². The van der Waals surface area contributed by atoms with Gasteiger partial charge >= 0.3 is 17.9 Å². The van der Waals surface area contributed by atoms with E-state index in [-0.39, 0.29) is 31.1 Å². The Labute approximate surface area is 304 Å². The minimum atomic E-state index is -0.758. The standard InChI is InChI=1S/C43H82O6/c1-5-7-9-11-13-15-17-19-21-26-30-34-41(44)47-37-40(38-48-42(45)35-31-27-24-23-25-29-33-39(3)4)49-43(46)36-32-28-22-20-18-16-14-12-10-8-6-2/h39-40H,5-38H2,1-4H3/t40-/m1/s1. The number of ether oxygens (including phenoxy) is 3. The van der Waals surface area contributed by atoms with Crippen LogP contribution in [0, 0.1) is 5.92 Å². The lowest BCUT2D eigenvalue weighted by Crippen LogP contribution is -2.30. The van der Waals surface area contributed by atoms with Gasteiger partial charge in [-0.05, 0) is 25.2 Å². The van der Waals surface area contributed by atoms with Crippen LogP contribution in [0.4, 0.5) is 0 Å². The first-order valence-corrected chi connectivity index (χ1v) is 21.4. The summed E-state index contributed by atoms with van der Waals surface area (Å²) < 4.78 is 16.6. The van der Waals surface area contributed by atoms with Crippen LogP contribution in [0.5, 0.6) is 0 Å². The van der Waals surface area contributed by atoms with E-state index in [1.54, 1.807) is 0 Å². The smallest absolute Gasteiger partial charge is 0.306 e. The number of carbonyl (C=O) groups is 3. The Bertz CT molecular complexity index is 736. The van der Waals surface area contributed by atoms with Crippen molar-refractivity contribution in [1.29, 1.82) is 0 Å². The molecule has 0 amide bonds. The van der Waals surface area contributed by atoms with Crippen molar-refractivity contribution in [1.82, 2.24) is 0 Å². The van der Waals surface area contributed by atoms with Gasteiger partial charge in [-0.3, -0.25) is 14.4 Å². The number of carbonyl (C=O) groups excluding carboxylic acids is 3. The molecule has 0 N–H and O–H groups in total. The monoisotopic (exact) mass is 695 g/mol. The molecule has 0 aliphatic rings. The summed E-state index contributed by atoms with van der Waals surface area (Å²) in [5.41, 5.74) is 0. The van der Waals surface area contributed by atoms with E-state index < -0.39 is 6.10 Å². The van der Waals surface area contributed by atoms with Gasteiger partial charge in [0, 0.05) is 19.3 Å². The second kappa shape index (κ2) is 37.7. The SMILES string of the molecule is CCCCCCCCCCCCCC(=O)OC[C@H](COC(=O)CCCCCCCCC(C)C)OC(=O)CCCCCCCCCCCCC. The van der Waals surface area contributed by atoms with Crippen LogP contribution in [0.15, 0.2) is 0 Å². The molecule has 0 spiro atoms. The van der Waals surface area contributed by atoms with Gasteiger partial charge in [-0.1, -0.05) is 195 Å². The van der Waals surface area contributed by atoms with Crippen LogP contribution in [0.2, 0.25) is 0 Å². The zero-order chi connectivity index (χ0) is 36.0. The average molecular weight is 695 g/mol. The number of hydrogen-bond acceptors (Lipinski definition) is 6. The lowest BCUT2D eigenvalue weighted by molar-refractivity contribution is -0.167. The van der Waals surface area contributed by atoms with Gasteiger partial charge in [-0.15, -0.1) is 0 Å². The van der Waals surface area contributed by atoms with E-state index in [1.165, 1.54) is 128 Å². The zero-order valence-corrected chi connectivity index (χ0v) is 33.1. The van der Waals surface area contributed by atoms with Crippen LogP contribution in [-0.2, 0) is 28.6 Å². The molecule has 0 unspecified atom stereocenters. The van der Waals surface area contributed by atoms with Crippen molar-refractivity contribution in [2.45, 2.75) is 239 Å². The number of rotatable bonds is 38. The predicted octanol–water partition coefficient (Wildman–Crippen LogP) is 13.2. The number of esters is 3. The predicted molar refractivity (Wildman–Crippen MR) is 206 cm³/mol. The fourth-order valence-electron chi connectivity index (χ4n) is 6.27. The maximum Gasteiger partial charge on any atom is 0.306 e. The largest absolute Gasteiger partial charge is 0.462 e. The van der Waals surface area contributed by atoms with Crippen LogP contribution in [0.1, 0.15) is 233 Å². The molecule has 0 heterocycles. The van der Waals surface area contributed by atoms with E-state index in [0.29, 0.717) is 19.3 Å². The molecule has 6 heteroatoms. The summed E-state index contributed by atoms with van der Waals surface area (Å²) >= 11 is 0. The molecule has 0 aromatic heterocycles. The zero-order valence-electron chi connectivity index (χ0n) is 33.1. The van der Waals surface area contributed by atoms with Crippen LogP contribution < -0.4 is 0 Å². The molecule has 0 saturated heterocycles. The van der Waals surface area contributed by atoms with E-state index in [0.717, 1.165) is 63.7 Å². The highest BCUT2D eigenvalue weighted by Crippen LogP contribution is 2.15. The molecule has 0 fully saturated rings. The van der Waals surface area contributed by atoms with E-state index >= 15 is 0 Å². The van der Waals surface area contributed by atoms with Crippen molar-refractivity contribution in [2.24, 2.45) is 5.92 Å². The van der Waals surface area contributed by atoms with Gasteiger partial charge in [0.05, 0.1) is 0 Å². The summed E-state index contributed by atoms with van der Waals surface area (Å²) in [4.78, 5) is 37.5. The lowest BCUT2D eigenvalue weighted by atomic mass is 10.0. The normalized spacial score (nSPS) is 11.9. The average Bonchev–Trinajstić information content (AvgIpc) is 3.08. The fraction of sp³-hybridized carbons (Fsp3) is 0.930. The molecule has 1 atom stereocenters. The third-order valence-corrected chi connectivity index (χ3v) is 9.54. The minimum absolute atomic E-state index is 0.0650. The Morgan fingerprint density at radius 3 is 1.00 bits per heavy atom. The summed E-state index contributed by atoms with van der Waals surface area (Å²) in [6, 6.07) is 0. The summed E-state index contributed by atoms with van der Waals surface area (Å²) in [6.07, 6.45) is 35.2. The van der Waals surface area contributed by atoms with Crippen molar-refractivity contribution in [2.75, 3.05) is 13.2 Å². The third kappa shape index (κ3) is 37.5. The highest BCUT2D eigenvalue weighted by Gasteiger charge is 2.19. The first-order chi connectivity index (χ1) is 23.9. The van der Waals surface area contributed by atoms with Crippen molar-refractivity contribution in [3.05, 3.63) is 0 Å². The molecule has 0 aliphatic heterocycles. The molecule has 0 aliphatic carbocycles.